The van der Waals surface area contributed by atoms with Gasteiger partial charge in [-0.1, -0.05) is 19.4 Å². The number of imidazole rings is 1. The van der Waals surface area contributed by atoms with Gasteiger partial charge in [-0.3, -0.25) is 14.4 Å². The first-order valence-corrected chi connectivity index (χ1v) is 12.5. The lowest BCUT2D eigenvalue weighted by molar-refractivity contribution is -0.123. The second-order valence-electron chi connectivity index (χ2n) is 9.14. The van der Waals surface area contributed by atoms with Crippen molar-refractivity contribution >= 4 is 34.6 Å². The highest BCUT2D eigenvalue weighted by atomic mass is 19.1. The largest absolute Gasteiger partial charge is 0.453 e. The van der Waals surface area contributed by atoms with Crippen LogP contribution in [0.25, 0.3) is 11.0 Å². The molecule has 2 aromatic heterocycles. The predicted molar refractivity (Wildman–Crippen MR) is 145 cm³/mol. The van der Waals surface area contributed by atoms with E-state index < -0.39 is 23.6 Å². The molecular weight excluding hydrogens is 507 g/mol. The molecule has 0 saturated heterocycles. The molecule has 3 aromatic rings. The molecule has 3 rings (SSSR count). The average Bonchev–Trinajstić information content (AvgIpc) is 3.30. The van der Waals surface area contributed by atoms with E-state index in [4.69, 9.17) is 0 Å². The number of hydrogen-bond acceptors (Lipinski definition) is 6. The lowest BCUT2D eigenvalue weighted by atomic mass is 10.1. The number of aromatic amines is 1. The zero-order chi connectivity index (χ0) is 28.5. The fraction of sp³-hybridized carbons (Fsp3) is 0.370. The number of benzene rings is 1. The topological polar surface area (TPSA) is 138 Å². The van der Waals surface area contributed by atoms with E-state index in [0.29, 0.717) is 29.7 Å². The number of methoxy groups -OCH3 is 1. The van der Waals surface area contributed by atoms with Crippen molar-refractivity contribution in [2.45, 2.75) is 45.2 Å². The van der Waals surface area contributed by atoms with Crippen LogP contribution >= 0.6 is 0 Å². The summed E-state index contributed by atoms with van der Waals surface area (Å²) in [6.07, 6.45) is 5.69. The van der Waals surface area contributed by atoms with Crippen molar-refractivity contribution in [1.82, 2.24) is 24.8 Å². The highest BCUT2D eigenvalue weighted by Crippen LogP contribution is 2.20. The Morgan fingerprint density at radius 3 is 2.74 bits per heavy atom. The van der Waals surface area contributed by atoms with Crippen LogP contribution in [0.3, 0.4) is 0 Å². The Kier molecular flexibility index (Phi) is 9.96. The maximum absolute atomic E-state index is 14.0. The van der Waals surface area contributed by atoms with E-state index in [1.165, 1.54) is 40.9 Å². The Morgan fingerprint density at radius 2 is 2.05 bits per heavy atom. The van der Waals surface area contributed by atoms with Gasteiger partial charge in [-0.05, 0) is 55.2 Å². The van der Waals surface area contributed by atoms with E-state index in [1.807, 2.05) is 6.92 Å². The number of aryl methyl sites for hydroxylation is 1. The number of fused-ring (bicyclic) bond motifs is 1. The highest BCUT2D eigenvalue weighted by Gasteiger charge is 2.22. The number of ether oxygens (including phenoxy) is 1. The molecule has 1 aromatic carbocycles. The smallest absolute Gasteiger partial charge is 0.407 e. The Balaban J connectivity index is 1.77. The average molecular weight is 541 g/mol. The molecule has 0 aliphatic heterocycles. The number of allylic oxidation sites excluding steroid dienone is 1. The van der Waals surface area contributed by atoms with Crippen LogP contribution in [0.4, 0.5) is 14.9 Å². The van der Waals surface area contributed by atoms with E-state index in [2.05, 4.69) is 25.3 Å². The molecule has 0 unspecified atom stereocenters. The lowest BCUT2D eigenvalue weighted by Crippen LogP contribution is -2.44. The lowest BCUT2D eigenvalue weighted by Gasteiger charge is -2.17. The second-order valence-corrected chi connectivity index (χ2v) is 9.14. The Morgan fingerprint density at radius 1 is 1.28 bits per heavy atom. The fourth-order valence-electron chi connectivity index (χ4n) is 3.94. The fourth-order valence-corrected chi connectivity index (χ4v) is 3.94. The first kappa shape index (κ1) is 29.1. The SMILES string of the molecule is CCCc1cc(F)cc2[nH]c(Cn3cccc(NC(=O)[C@H](CC/C=C/C(=O)N(C)C)NC(=O)OC)c3=O)nc12. The maximum atomic E-state index is 14.0. The highest BCUT2D eigenvalue weighted by molar-refractivity contribution is 5.96. The van der Waals surface area contributed by atoms with Crippen molar-refractivity contribution in [2.75, 3.05) is 26.5 Å². The monoisotopic (exact) mass is 540 g/mol. The van der Waals surface area contributed by atoms with Crippen molar-refractivity contribution in [2.24, 2.45) is 0 Å². The Bertz CT molecular complexity index is 1430. The standard InChI is InChI=1S/C27H33FN6O5/c1-5-9-17-14-18(28)15-21-24(17)32-22(29-21)16-34-13-8-11-20(26(34)37)30-25(36)19(31-27(38)39-4)10-6-7-12-23(35)33(2)3/h7-8,11-15,19H,5-6,9-10,16H2,1-4H3,(H,29,32)(H,30,36)(H,31,38)/b12-7+/t19-/m0/s1. The van der Waals surface area contributed by atoms with E-state index in [0.717, 1.165) is 12.0 Å². The molecule has 0 bridgehead atoms. The minimum Gasteiger partial charge on any atom is -0.453 e. The number of carbonyl (C=O) groups excluding carboxylic acids is 3. The summed E-state index contributed by atoms with van der Waals surface area (Å²) < 4.78 is 20.0. The number of hydrogen-bond donors (Lipinski definition) is 3. The first-order valence-electron chi connectivity index (χ1n) is 12.5. The molecule has 0 saturated carbocycles. The summed E-state index contributed by atoms with van der Waals surface area (Å²) in [5, 5.41) is 5.02. The number of H-pyrrole nitrogens is 1. The van der Waals surface area contributed by atoms with Crippen LogP contribution in [0.2, 0.25) is 0 Å². The molecule has 208 valence electrons. The van der Waals surface area contributed by atoms with Crippen molar-refractivity contribution in [3.8, 4) is 0 Å². The van der Waals surface area contributed by atoms with Crippen molar-refractivity contribution in [3.63, 3.8) is 0 Å². The van der Waals surface area contributed by atoms with Gasteiger partial charge in [-0.25, -0.2) is 14.2 Å². The van der Waals surface area contributed by atoms with Crippen LogP contribution in [0, 0.1) is 5.82 Å². The van der Waals surface area contributed by atoms with Crippen molar-refractivity contribution in [1.29, 1.82) is 0 Å². The molecule has 12 heteroatoms. The minimum atomic E-state index is -1.02. The van der Waals surface area contributed by atoms with Gasteiger partial charge in [0.15, 0.2) is 0 Å². The van der Waals surface area contributed by atoms with Gasteiger partial charge >= 0.3 is 6.09 Å². The van der Waals surface area contributed by atoms with Gasteiger partial charge in [0.1, 0.15) is 23.4 Å². The number of pyridine rings is 1. The number of alkyl carbamates (subject to hydrolysis) is 1. The molecule has 0 radical (unpaired) electrons. The van der Waals surface area contributed by atoms with E-state index in [-0.39, 0.29) is 30.4 Å². The summed E-state index contributed by atoms with van der Waals surface area (Å²) in [6, 6.07) is 4.86. The third kappa shape index (κ3) is 7.76. The van der Waals surface area contributed by atoms with Crippen LogP contribution in [0.15, 0.2) is 47.4 Å². The summed E-state index contributed by atoms with van der Waals surface area (Å²) in [5.41, 5.74) is 1.51. The van der Waals surface area contributed by atoms with Gasteiger partial charge in [0.2, 0.25) is 11.8 Å². The third-order valence-electron chi connectivity index (χ3n) is 5.91. The molecule has 0 spiro atoms. The molecular formula is C27H33FN6O5. The number of anilines is 1. The number of halogens is 1. The number of amides is 3. The summed E-state index contributed by atoms with van der Waals surface area (Å²) in [5.74, 6) is -0.732. The zero-order valence-corrected chi connectivity index (χ0v) is 22.4. The summed E-state index contributed by atoms with van der Waals surface area (Å²) >= 11 is 0. The van der Waals surface area contributed by atoms with Gasteiger partial charge in [-0.2, -0.15) is 0 Å². The van der Waals surface area contributed by atoms with Crippen LogP contribution in [0.5, 0.6) is 0 Å². The maximum Gasteiger partial charge on any atom is 0.407 e. The molecule has 39 heavy (non-hydrogen) atoms. The van der Waals surface area contributed by atoms with Crippen LogP contribution in [-0.2, 0) is 27.3 Å². The van der Waals surface area contributed by atoms with E-state index in [9.17, 15) is 23.6 Å². The predicted octanol–water partition coefficient (Wildman–Crippen LogP) is 2.95. The van der Waals surface area contributed by atoms with Crippen molar-refractivity contribution in [3.05, 3.63) is 70.2 Å². The minimum absolute atomic E-state index is 0.00585. The number of aromatic nitrogens is 3. The van der Waals surface area contributed by atoms with E-state index >= 15 is 0 Å². The number of nitrogens with zero attached hydrogens (tertiary/aromatic N) is 3. The molecule has 11 nitrogen and oxygen atoms in total. The summed E-state index contributed by atoms with van der Waals surface area (Å²) in [6.45, 7) is 2.07. The normalized spacial score (nSPS) is 11.9. The quantitative estimate of drug-likeness (QED) is 0.320. The van der Waals surface area contributed by atoms with Crippen molar-refractivity contribution < 1.29 is 23.5 Å². The number of carbonyl (C=O) groups is 3. The molecule has 2 heterocycles. The third-order valence-corrected chi connectivity index (χ3v) is 5.91. The Labute approximate surface area is 225 Å². The van der Waals surface area contributed by atoms with E-state index in [1.54, 1.807) is 32.4 Å². The molecule has 0 aliphatic carbocycles. The molecule has 3 amide bonds. The summed E-state index contributed by atoms with van der Waals surface area (Å²) in [4.78, 5) is 58.7. The Hall–Kier alpha value is -4.48. The molecule has 0 aliphatic rings. The van der Waals surface area contributed by atoms with Gasteiger partial charge in [0, 0.05) is 20.3 Å². The number of nitrogens with one attached hydrogen (secondary N) is 3. The summed E-state index contributed by atoms with van der Waals surface area (Å²) in [7, 11) is 4.41. The van der Waals surface area contributed by atoms with Gasteiger partial charge in [0.25, 0.3) is 5.56 Å². The second kappa shape index (κ2) is 13.4. The van der Waals surface area contributed by atoms with Gasteiger partial charge < -0.3 is 29.8 Å². The molecule has 1 atom stereocenters. The van der Waals surface area contributed by atoms with Gasteiger partial charge in [-0.15, -0.1) is 0 Å². The van der Waals surface area contributed by atoms with Crippen LogP contribution < -0.4 is 16.2 Å². The van der Waals surface area contributed by atoms with Crippen LogP contribution in [-0.4, -0.2) is 64.6 Å². The number of rotatable bonds is 11. The zero-order valence-electron chi connectivity index (χ0n) is 22.4. The number of likely N-dealkylation sites (N-methyl/N-ethyl adjacent to an activating group) is 1. The first-order chi connectivity index (χ1) is 18.6. The van der Waals surface area contributed by atoms with Gasteiger partial charge in [0.05, 0.1) is 24.7 Å². The molecule has 3 N–H and O–H groups in total. The molecule has 0 fully saturated rings. The van der Waals surface area contributed by atoms with Crippen LogP contribution in [0.1, 0.15) is 37.6 Å².